The van der Waals surface area contributed by atoms with Crippen LogP contribution in [0, 0.1) is 17.3 Å². The first-order valence-corrected chi connectivity index (χ1v) is 27.1. The lowest BCUT2D eigenvalue weighted by Crippen LogP contribution is -2.36. The van der Waals surface area contributed by atoms with Gasteiger partial charge in [-0.25, -0.2) is 0 Å². The highest BCUT2D eigenvalue weighted by molar-refractivity contribution is 5.95. The summed E-state index contributed by atoms with van der Waals surface area (Å²) in [7, 11) is 1.57. The molecule has 76 heavy (non-hydrogen) atoms. The smallest absolute Gasteiger partial charge is 0.302 e. The minimum absolute atomic E-state index is 0.0285. The number of dihydropyridines is 1. The molecule has 0 amide bonds. The number of phenols is 2. The number of benzene rings is 4. The lowest BCUT2D eigenvalue weighted by Gasteiger charge is -2.38. The number of fused-ring (bicyclic) bond motifs is 3. The van der Waals surface area contributed by atoms with E-state index in [0.29, 0.717) is 68.2 Å². The Kier molecular flexibility index (Phi) is 15.7. The Morgan fingerprint density at radius 3 is 2.42 bits per heavy atom. The minimum atomic E-state index is -0.664. The fourth-order valence-electron chi connectivity index (χ4n) is 12.2. The number of aromatic hydroxyl groups is 2. The third kappa shape index (κ3) is 11.7. The lowest BCUT2D eigenvalue weighted by molar-refractivity contribution is -0.148. The maximum absolute atomic E-state index is 14.9. The zero-order valence-electron chi connectivity index (χ0n) is 43.9. The number of carbonyl (C=O) groups is 3. The van der Waals surface area contributed by atoms with Crippen molar-refractivity contribution in [3.8, 4) is 28.7 Å². The van der Waals surface area contributed by atoms with Crippen molar-refractivity contribution >= 4 is 34.0 Å². The van der Waals surface area contributed by atoms with Gasteiger partial charge in [0.1, 0.15) is 40.7 Å². The van der Waals surface area contributed by atoms with Gasteiger partial charge in [-0.1, -0.05) is 93.0 Å². The topological polar surface area (TPSA) is 155 Å². The first kappa shape index (κ1) is 51.7. The van der Waals surface area contributed by atoms with Crippen LogP contribution in [0.5, 0.6) is 28.7 Å². The van der Waals surface area contributed by atoms with Crippen LogP contribution in [0.1, 0.15) is 112 Å². The second-order valence-corrected chi connectivity index (χ2v) is 21.3. The Bertz CT molecular complexity index is 3210. The molecule has 2 aromatic heterocycles. The SMILES string of the molecule is COc1cc(C2CC(=O)CC(OC(C)=O)CCC3(C=CC=CC3C)Cc3c[nH]cc3CC(c3cccc(O)c3)C3=CCNC(=C3)N(CCC(=O)C3CCCCC3)c3cccc4cn2cc34)ccc1Oc1cccc(O)c1. The molecule has 4 N–H and O–H groups in total. The van der Waals surface area contributed by atoms with Gasteiger partial charge in [0, 0.05) is 92.7 Å². The zero-order chi connectivity index (χ0) is 52.8. The molecule has 1 spiro atoms. The molecule has 4 aliphatic rings. The van der Waals surface area contributed by atoms with Gasteiger partial charge in [0.15, 0.2) is 11.5 Å². The second-order valence-electron chi connectivity index (χ2n) is 21.3. The van der Waals surface area contributed by atoms with Crippen LogP contribution < -0.4 is 19.7 Å². The number of hydrogen-bond acceptors (Lipinski definition) is 10. The van der Waals surface area contributed by atoms with Crippen molar-refractivity contribution < 1.29 is 38.8 Å². The Morgan fingerprint density at radius 1 is 0.829 bits per heavy atom. The predicted octanol–water partition coefficient (Wildman–Crippen LogP) is 12.9. The maximum atomic E-state index is 14.9. The average molecular weight is 1020 g/mol. The molecule has 4 aromatic carbocycles. The van der Waals surface area contributed by atoms with Crippen molar-refractivity contribution in [3.05, 3.63) is 180 Å². The number of phenolic OH excluding ortho intramolecular Hbond substituents is 2. The van der Waals surface area contributed by atoms with Crippen LogP contribution in [0.15, 0.2) is 158 Å². The van der Waals surface area contributed by atoms with Gasteiger partial charge in [-0.15, -0.1) is 0 Å². The van der Waals surface area contributed by atoms with Crippen molar-refractivity contribution in [2.75, 3.05) is 25.1 Å². The highest BCUT2D eigenvalue weighted by Gasteiger charge is 2.37. The number of rotatable bonds is 10. The van der Waals surface area contributed by atoms with E-state index in [1.54, 1.807) is 31.4 Å². The normalized spacial score (nSPS) is 22.5. The number of aromatic amines is 1. The molecular weight excluding hydrogens is 953 g/mol. The van der Waals surface area contributed by atoms with Gasteiger partial charge in [-0.2, -0.15) is 0 Å². The van der Waals surface area contributed by atoms with E-state index in [1.807, 2.05) is 36.4 Å². The number of anilines is 1. The molecule has 5 atom stereocenters. The number of ketones is 2. The Hall–Kier alpha value is -7.73. The van der Waals surface area contributed by atoms with Gasteiger partial charge in [-0.05, 0) is 126 Å². The molecule has 4 heterocycles. The summed E-state index contributed by atoms with van der Waals surface area (Å²) in [5.41, 5.74) is 5.79. The van der Waals surface area contributed by atoms with Gasteiger partial charge >= 0.3 is 5.97 Å². The molecule has 0 radical (unpaired) electrons. The number of hydrogen-bond donors (Lipinski definition) is 4. The fourth-order valence-corrected chi connectivity index (χ4v) is 12.2. The van der Waals surface area contributed by atoms with Gasteiger partial charge in [0.05, 0.1) is 18.8 Å². The molecule has 1 fully saturated rings. The molecule has 4 bridgehead atoms. The van der Waals surface area contributed by atoms with Gasteiger partial charge < -0.3 is 44.2 Å². The van der Waals surface area contributed by atoms with E-state index in [9.17, 15) is 24.6 Å². The number of nitrogens with one attached hydrogen (secondary N) is 2. The summed E-state index contributed by atoms with van der Waals surface area (Å²) in [5, 5.41) is 26.8. The van der Waals surface area contributed by atoms with E-state index in [-0.39, 0.29) is 53.3 Å². The number of aromatic nitrogens is 2. The molecule has 2 aliphatic carbocycles. The summed E-state index contributed by atoms with van der Waals surface area (Å²) in [6.07, 6.45) is 29.1. The summed E-state index contributed by atoms with van der Waals surface area (Å²) in [4.78, 5) is 47.6. The molecule has 2 aliphatic heterocycles. The summed E-state index contributed by atoms with van der Waals surface area (Å²) >= 11 is 0. The minimum Gasteiger partial charge on any atom is -0.508 e. The molecule has 5 unspecified atom stereocenters. The highest BCUT2D eigenvalue weighted by atomic mass is 16.5. The number of H-pyrrole nitrogens is 1. The van der Waals surface area contributed by atoms with Crippen LogP contribution in [-0.4, -0.2) is 63.6 Å². The van der Waals surface area contributed by atoms with Crippen LogP contribution in [0.3, 0.4) is 0 Å². The van der Waals surface area contributed by atoms with E-state index in [0.717, 1.165) is 70.2 Å². The van der Waals surface area contributed by atoms with Crippen LogP contribution in [-0.2, 0) is 32.0 Å². The number of esters is 1. The van der Waals surface area contributed by atoms with E-state index in [1.165, 1.54) is 25.0 Å². The largest absolute Gasteiger partial charge is 0.508 e. The molecule has 394 valence electrons. The molecule has 10 rings (SSSR count). The van der Waals surface area contributed by atoms with Crippen LogP contribution in [0.4, 0.5) is 5.69 Å². The number of methoxy groups -OCH3 is 1. The second kappa shape index (κ2) is 23.0. The molecule has 1 saturated carbocycles. The Morgan fingerprint density at radius 2 is 1.63 bits per heavy atom. The van der Waals surface area contributed by atoms with Crippen molar-refractivity contribution in [2.24, 2.45) is 17.3 Å². The number of allylic oxidation sites excluding steroid dienone is 6. The van der Waals surface area contributed by atoms with Crippen molar-refractivity contribution in [3.63, 3.8) is 0 Å². The number of nitrogens with zero attached hydrogens (tertiary/aromatic N) is 2. The maximum Gasteiger partial charge on any atom is 0.302 e. The standard InChI is InChI=1S/C64H70N4O8/c1-42-12-7-8-26-64(42)27-23-55(75-43(2)69)35-53(72)36-59(47-21-22-61(62(32-47)74-3)76-54-19-11-18-52(71)34-54)67-40-48-16-10-20-58(57(48)41-67)68(29-25-60(73)44-13-5-4-6-14-44)63-33-46(24-28-66-63)56(45-15-9-17-51(70)30-45)31-49-38-65-39-50(49)37-64/h7-12,15-22,24,26,30,32-34,38-42,44,55-56,59,65-66,70-71H,4-6,13-14,23,25,27-29,31,35-37H2,1-3H3. The molecule has 0 saturated heterocycles. The monoisotopic (exact) mass is 1020 g/mol. The summed E-state index contributed by atoms with van der Waals surface area (Å²) < 4.78 is 20.3. The average Bonchev–Trinajstić information content (AvgIpc) is 4.06. The third-order valence-electron chi connectivity index (χ3n) is 16.3. The lowest BCUT2D eigenvalue weighted by atomic mass is 9.66. The van der Waals surface area contributed by atoms with E-state index >= 15 is 0 Å². The van der Waals surface area contributed by atoms with Crippen LogP contribution in [0.2, 0.25) is 0 Å². The molecule has 12 heteroatoms. The Balaban J connectivity index is 1.12. The van der Waals surface area contributed by atoms with Gasteiger partial charge in [0.2, 0.25) is 0 Å². The van der Waals surface area contributed by atoms with Crippen molar-refractivity contribution in [1.82, 2.24) is 14.9 Å². The van der Waals surface area contributed by atoms with Crippen LogP contribution >= 0.6 is 0 Å². The third-order valence-corrected chi connectivity index (χ3v) is 16.3. The molecule has 12 nitrogen and oxygen atoms in total. The number of Topliss-reactive ketones (excluding diaryl/α,β-unsaturated/α-hetero) is 2. The van der Waals surface area contributed by atoms with E-state index in [4.69, 9.17) is 14.2 Å². The fraction of sp³-hybridized carbons (Fsp3) is 0.359. The van der Waals surface area contributed by atoms with Gasteiger partial charge in [0.25, 0.3) is 0 Å². The first-order chi connectivity index (χ1) is 36.9. The summed E-state index contributed by atoms with van der Waals surface area (Å²) in [5.74, 6) is 2.33. The predicted molar refractivity (Wildman–Crippen MR) is 297 cm³/mol. The summed E-state index contributed by atoms with van der Waals surface area (Å²) in [6.45, 7) is 4.65. The van der Waals surface area contributed by atoms with Crippen LogP contribution in [0.25, 0.3) is 10.8 Å². The summed E-state index contributed by atoms with van der Waals surface area (Å²) in [6, 6.07) is 25.5. The quantitative estimate of drug-likeness (QED) is 0.0975. The number of carbonyl (C=O) groups excluding carboxylic acids is 3. The number of ether oxygens (including phenoxy) is 3. The van der Waals surface area contributed by atoms with Gasteiger partial charge in [-0.3, -0.25) is 14.4 Å². The Labute approximate surface area is 445 Å². The molecular formula is C64H70N4O8. The highest BCUT2D eigenvalue weighted by Crippen LogP contribution is 2.45. The zero-order valence-corrected chi connectivity index (χ0v) is 43.9. The van der Waals surface area contributed by atoms with E-state index in [2.05, 4.69) is 106 Å². The first-order valence-electron chi connectivity index (χ1n) is 27.1. The van der Waals surface area contributed by atoms with Crippen molar-refractivity contribution in [2.45, 2.75) is 109 Å². The molecule has 6 aromatic rings. The van der Waals surface area contributed by atoms with Crippen molar-refractivity contribution in [1.29, 1.82) is 0 Å². The van der Waals surface area contributed by atoms with E-state index < -0.39 is 18.1 Å².